The first kappa shape index (κ1) is 35.2. The number of nitrogens with zero attached hydrogens (tertiary/aromatic N) is 2. The molecule has 0 saturated carbocycles. The van der Waals surface area contributed by atoms with Crippen molar-refractivity contribution in [2.45, 2.75) is 42.2 Å². The smallest absolute Gasteiger partial charge is 0.393 e. The maximum atomic E-state index is 15.2. The van der Waals surface area contributed by atoms with Gasteiger partial charge in [0.2, 0.25) is 10.0 Å². The molecule has 2 heterocycles. The number of nitriles is 1. The van der Waals surface area contributed by atoms with Crippen LogP contribution in [0.5, 0.6) is 5.75 Å². The number of nitrogens with one attached hydrogen (secondary N) is 2. The Morgan fingerprint density at radius 3 is 2.72 bits per heavy atom. The Hall–Kier alpha value is -3.64. The summed E-state index contributed by atoms with van der Waals surface area (Å²) in [5.41, 5.74) is 0.820. The number of likely N-dealkylation sites (tertiary alicyclic amines) is 1. The van der Waals surface area contributed by atoms with Crippen molar-refractivity contribution in [3.63, 3.8) is 0 Å². The third-order valence-corrected chi connectivity index (χ3v) is 9.24. The second-order valence-electron chi connectivity index (χ2n) is 10.6. The third-order valence-electron chi connectivity index (χ3n) is 7.13. The third kappa shape index (κ3) is 9.45. The van der Waals surface area contributed by atoms with Crippen LogP contribution in [0.15, 0.2) is 41.3 Å². The van der Waals surface area contributed by atoms with Crippen molar-refractivity contribution < 1.29 is 40.6 Å². The van der Waals surface area contributed by atoms with Crippen molar-refractivity contribution in [3.05, 3.63) is 46.8 Å². The van der Waals surface area contributed by atoms with E-state index < -0.39 is 40.9 Å². The maximum absolute atomic E-state index is 15.2. The number of fused-ring (bicyclic) bond motifs is 1. The highest BCUT2D eigenvalue weighted by molar-refractivity contribution is 7.89. The quantitative estimate of drug-likeness (QED) is 0.165. The standard InChI is InChI=1S/C30H33F4N5O5S2/c1-43-18-19(40)16-39-12-9-24(23(31)17-39)38-26-5-2-4-21-22(15-30(32,33)34)28(45-29(21)26)6-3-11-37-25-8-7-20(46(36,41)42)14-27(25)44-13-10-35/h2,4-5,7-8,14,19,23-24,37-38,40H,9,11-13,15-18H2,1H3,(H2,36,41,42). The van der Waals surface area contributed by atoms with Gasteiger partial charge < -0.3 is 25.2 Å². The summed E-state index contributed by atoms with van der Waals surface area (Å²) in [6, 6.07) is 9.88. The summed E-state index contributed by atoms with van der Waals surface area (Å²) < 4.78 is 90.4. The predicted molar refractivity (Wildman–Crippen MR) is 167 cm³/mol. The zero-order valence-corrected chi connectivity index (χ0v) is 26.4. The van der Waals surface area contributed by atoms with E-state index in [1.54, 1.807) is 24.3 Å². The summed E-state index contributed by atoms with van der Waals surface area (Å²) in [6.45, 7) is 0.612. The summed E-state index contributed by atoms with van der Waals surface area (Å²) in [4.78, 5) is 1.79. The molecular formula is C30H33F4N5O5S2. The summed E-state index contributed by atoms with van der Waals surface area (Å²) in [6.07, 6.45) is -7.30. The van der Waals surface area contributed by atoms with E-state index in [0.717, 1.165) is 17.4 Å². The summed E-state index contributed by atoms with van der Waals surface area (Å²) in [7, 11) is -2.56. The molecule has 1 aliphatic heterocycles. The minimum absolute atomic E-state index is 0.0120. The van der Waals surface area contributed by atoms with Crippen LogP contribution in [0.25, 0.3) is 10.1 Å². The number of aliphatic hydroxyl groups excluding tert-OH is 1. The van der Waals surface area contributed by atoms with E-state index in [2.05, 4.69) is 22.5 Å². The molecule has 1 saturated heterocycles. The van der Waals surface area contributed by atoms with E-state index in [1.165, 1.54) is 19.2 Å². The van der Waals surface area contributed by atoms with Crippen LogP contribution in [0.4, 0.5) is 28.9 Å². The Labute approximate surface area is 268 Å². The number of hydrogen-bond donors (Lipinski definition) is 4. The van der Waals surface area contributed by atoms with E-state index in [9.17, 15) is 26.7 Å². The van der Waals surface area contributed by atoms with Gasteiger partial charge in [-0.25, -0.2) is 17.9 Å². The molecule has 46 heavy (non-hydrogen) atoms. The monoisotopic (exact) mass is 683 g/mol. The van der Waals surface area contributed by atoms with E-state index in [4.69, 9.17) is 19.9 Å². The average Bonchev–Trinajstić information content (AvgIpc) is 3.32. The number of β-amino-alcohol motifs (C(OH)–C–C–N with tert-alkyl or cyclic N) is 1. The Morgan fingerprint density at radius 2 is 2.04 bits per heavy atom. The van der Waals surface area contributed by atoms with Gasteiger partial charge >= 0.3 is 6.18 Å². The van der Waals surface area contributed by atoms with Crippen LogP contribution < -0.4 is 20.5 Å². The van der Waals surface area contributed by atoms with Gasteiger partial charge in [-0.05, 0) is 35.6 Å². The number of thiophene rings is 1. The molecule has 10 nitrogen and oxygen atoms in total. The van der Waals surface area contributed by atoms with E-state index in [-0.39, 0.29) is 53.9 Å². The zero-order valence-electron chi connectivity index (χ0n) is 24.7. The van der Waals surface area contributed by atoms with Crippen molar-refractivity contribution >= 4 is 42.8 Å². The van der Waals surface area contributed by atoms with Crippen LogP contribution >= 0.6 is 11.3 Å². The number of piperidine rings is 1. The van der Waals surface area contributed by atoms with Gasteiger partial charge in [-0.15, -0.1) is 11.3 Å². The maximum Gasteiger partial charge on any atom is 0.393 e. The van der Waals surface area contributed by atoms with Crippen molar-refractivity contribution in [2.24, 2.45) is 5.14 Å². The molecule has 5 N–H and O–H groups in total. The molecule has 2 aromatic carbocycles. The lowest BCUT2D eigenvalue weighted by atomic mass is 10.0. The Morgan fingerprint density at radius 1 is 1.26 bits per heavy atom. The minimum Gasteiger partial charge on any atom is -0.477 e. The van der Waals surface area contributed by atoms with Gasteiger partial charge in [0.15, 0.2) is 6.61 Å². The van der Waals surface area contributed by atoms with Crippen LogP contribution in [0.3, 0.4) is 0 Å². The first-order valence-corrected chi connectivity index (χ1v) is 16.5. The van der Waals surface area contributed by atoms with Crippen LogP contribution in [0, 0.1) is 23.2 Å². The number of sulfonamides is 1. The molecule has 0 bridgehead atoms. The molecular weight excluding hydrogens is 650 g/mol. The van der Waals surface area contributed by atoms with Crippen molar-refractivity contribution in [3.8, 4) is 23.7 Å². The lowest BCUT2D eigenvalue weighted by molar-refractivity contribution is -0.126. The summed E-state index contributed by atoms with van der Waals surface area (Å²) in [5.74, 6) is 5.66. The van der Waals surface area contributed by atoms with E-state index in [0.29, 0.717) is 34.4 Å². The lowest BCUT2D eigenvalue weighted by Gasteiger charge is -2.36. The number of ether oxygens (including phenoxy) is 2. The van der Waals surface area contributed by atoms with Crippen molar-refractivity contribution in [2.75, 3.05) is 57.1 Å². The Bertz CT molecular complexity index is 1730. The number of primary sulfonamides is 1. The number of methoxy groups -OCH3 is 1. The van der Waals surface area contributed by atoms with E-state index in [1.807, 2.05) is 4.90 Å². The van der Waals surface area contributed by atoms with Gasteiger partial charge in [-0.2, -0.15) is 18.4 Å². The first-order valence-electron chi connectivity index (χ1n) is 14.1. The fourth-order valence-electron chi connectivity index (χ4n) is 5.12. The van der Waals surface area contributed by atoms with Crippen LogP contribution in [0.2, 0.25) is 0 Å². The molecule has 16 heteroatoms. The van der Waals surface area contributed by atoms with Gasteiger partial charge in [-0.1, -0.05) is 24.0 Å². The molecule has 3 unspecified atom stereocenters. The number of nitrogens with two attached hydrogens (primary N) is 1. The largest absolute Gasteiger partial charge is 0.477 e. The van der Waals surface area contributed by atoms with Gasteiger partial charge in [0, 0.05) is 32.8 Å². The number of alkyl halides is 4. The molecule has 0 radical (unpaired) electrons. The minimum atomic E-state index is -4.51. The molecule has 3 aromatic rings. The molecule has 3 atom stereocenters. The number of benzene rings is 2. The molecule has 1 fully saturated rings. The number of anilines is 2. The lowest BCUT2D eigenvalue weighted by Crippen LogP contribution is -2.50. The number of aliphatic hydroxyl groups is 1. The molecule has 4 rings (SSSR count). The summed E-state index contributed by atoms with van der Waals surface area (Å²) >= 11 is 1.08. The number of rotatable bonds is 12. The molecule has 0 amide bonds. The van der Waals surface area contributed by atoms with Gasteiger partial charge in [0.25, 0.3) is 0 Å². The molecule has 1 aromatic heterocycles. The molecule has 248 valence electrons. The highest BCUT2D eigenvalue weighted by Crippen LogP contribution is 2.39. The SMILES string of the molecule is COCC(O)CN1CCC(Nc2cccc3c(CC(F)(F)F)c(C#CCNc4ccc(S(N)(=O)=O)cc4OCC#N)sc23)C(F)C1. The van der Waals surface area contributed by atoms with Gasteiger partial charge in [0.1, 0.15) is 18.0 Å². The van der Waals surface area contributed by atoms with Crippen LogP contribution in [0.1, 0.15) is 16.9 Å². The normalized spacial score (nSPS) is 18.0. The van der Waals surface area contributed by atoms with Gasteiger partial charge in [0.05, 0.1) is 57.6 Å². The fraction of sp³-hybridized carbons (Fsp3) is 0.433. The predicted octanol–water partition coefficient (Wildman–Crippen LogP) is 3.85. The van der Waals surface area contributed by atoms with E-state index >= 15 is 4.39 Å². The summed E-state index contributed by atoms with van der Waals surface area (Å²) in [5, 5.41) is 30.5. The van der Waals surface area contributed by atoms with Crippen LogP contribution in [-0.4, -0.2) is 89.4 Å². The Balaban J connectivity index is 1.55. The van der Waals surface area contributed by atoms with Gasteiger partial charge in [-0.3, -0.25) is 4.90 Å². The molecule has 1 aliphatic rings. The topological polar surface area (TPSA) is 150 Å². The fourth-order valence-corrected chi connectivity index (χ4v) is 6.82. The zero-order chi connectivity index (χ0) is 33.5. The van der Waals surface area contributed by atoms with Crippen molar-refractivity contribution in [1.82, 2.24) is 4.90 Å². The molecule has 0 aliphatic carbocycles. The highest BCUT2D eigenvalue weighted by atomic mass is 32.2. The molecule has 0 spiro atoms. The number of hydrogen-bond acceptors (Lipinski definition) is 10. The Kier molecular flexibility index (Phi) is 11.7. The first-order chi connectivity index (χ1) is 21.8. The second kappa shape index (κ2) is 15.3. The number of halogens is 4. The average molecular weight is 684 g/mol. The van der Waals surface area contributed by atoms with Crippen molar-refractivity contribution in [1.29, 1.82) is 5.26 Å². The second-order valence-corrected chi connectivity index (χ2v) is 13.2. The van der Waals surface area contributed by atoms with Crippen LogP contribution in [-0.2, 0) is 21.2 Å². The highest BCUT2D eigenvalue weighted by Gasteiger charge is 2.33.